The number of benzene rings is 1. The standard InChI is InChI=1S/C13H12BrCl2NS/c1-7-5-11(18-13(7)16)12(17-2)8-3-4-9(14)10(15)6-8/h3-6,12,17H,1-2H3. The quantitative estimate of drug-likeness (QED) is 0.765. The van der Waals surface area contributed by atoms with E-state index in [1.807, 2.05) is 26.1 Å². The van der Waals surface area contributed by atoms with Crippen molar-refractivity contribution in [2.45, 2.75) is 13.0 Å². The summed E-state index contributed by atoms with van der Waals surface area (Å²) in [6.07, 6.45) is 0. The third-order valence-corrected chi connectivity index (χ3v) is 5.58. The Bertz CT molecular complexity index is 549. The minimum atomic E-state index is 0.117. The van der Waals surface area contributed by atoms with Gasteiger partial charge in [0, 0.05) is 9.35 Å². The largest absolute Gasteiger partial charge is 0.309 e. The van der Waals surface area contributed by atoms with Gasteiger partial charge in [-0.1, -0.05) is 29.3 Å². The molecule has 0 aliphatic carbocycles. The molecule has 0 saturated heterocycles. The van der Waals surface area contributed by atoms with E-state index in [0.717, 1.165) is 19.9 Å². The van der Waals surface area contributed by atoms with Gasteiger partial charge in [0.15, 0.2) is 0 Å². The molecule has 0 radical (unpaired) electrons. The first-order valence-electron chi connectivity index (χ1n) is 5.41. The SMILES string of the molecule is CNC(c1ccc(Br)c(Cl)c1)c1cc(C)c(Cl)s1. The van der Waals surface area contributed by atoms with Crippen LogP contribution in [0.15, 0.2) is 28.7 Å². The van der Waals surface area contributed by atoms with Crippen LogP contribution in [-0.4, -0.2) is 7.05 Å². The third kappa shape index (κ3) is 2.91. The Kier molecular flexibility index (Phi) is 4.73. The zero-order valence-corrected chi connectivity index (χ0v) is 13.8. The maximum atomic E-state index is 6.14. The number of aryl methyl sites for hydroxylation is 1. The average molecular weight is 365 g/mol. The summed E-state index contributed by atoms with van der Waals surface area (Å²) in [5, 5.41) is 4.01. The van der Waals surface area contributed by atoms with Gasteiger partial charge >= 0.3 is 0 Å². The Morgan fingerprint density at radius 3 is 2.50 bits per heavy atom. The molecule has 0 bridgehead atoms. The van der Waals surface area contributed by atoms with Crippen LogP contribution in [0, 0.1) is 6.92 Å². The van der Waals surface area contributed by atoms with Crippen molar-refractivity contribution < 1.29 is 0 Å². The normalized spacial score (nSPS) is 12.7. The van der Waals surface area contributed by atoms with Crippen molar-refractivity contribution in [1.29, 1.82) is 0 Å². The van der Waals surface area contributed by atoms with E-state index in [9.17, 15) is 0 Å². The molecule has 1 aromatic carbocycles. The molecule has 5 heteroatoms. The summed E-state index contributed by atoms with van der Waals surface area (Å²) in [6, 6.07) is 8.22. The van der Waals surface area contributed by atoms with Gasteiger partial charge in [-0.3, -0.25) is 0 Å². The summed E-state index contributed by atoms with van der Waals surface area (Å²) in [5.74, 6) is 0. The van der Waals surface area contributed by atoms with Crippen molar-refractivity contribution >= 4 is 50.5 Å². The predicted octanol–water partition coefficient (Wildman–Crippen LogP) is 5.43. The molecule has 1 heterocycles. The van der Waals surface area contributed by atoms with Gasteiger partial charge in [-0.25, -0.2) is 0 Å². The molecule has 2 rings (SSSR count). The van der Waals surface area contributed by atoms with Crippen LogP contribution in [0.5, 0.6) is 0 Å². The molecule has 1 aromatic heterocycles. The number of hydrogen-bond donors (Lipinski definition) is 1. The zero-order valence-electron chi connectivity index (χ0n) is 9.93. The lowest BCUT2D eigenvalue weighted by atomic mass is 10.1. The minimum absolute atomic E-state index is 0.117. The summed E-state index contributed by atoms with van der Waals surface area (Å²) in [4.78, 5) is 1.19. The highest BCUT2D eigenvalue weighted by molar-refractivity contribution is 9.10. The predicted molar refractivity (Wildman–Crippen MR) is 84.1 cm³/mol. The van der Waals surface area contributed by atoms with Gasteiger partial charge in [-0.05, 0) is 59.2 Å². The first kappa shape index (κ1) is 14.4. The minimum Gasteiger partial charge on any atom is -0.309 e. The lowest BCUT2D eigenvalue weighted by Gasteiger charge is -2.15. The van der Waals surface area contributed by atoms with Crippen LogP contribution in [0.3, 0.4) is 0 Å². The van der Waals surface area contributed by atoms with Crippen molar-refractivity contribution in [2.75, 3.05) is 7.05 Å². The second-order valence-corrected chi connectivity index (χ2v) is 6.95. The fourth-order valence-corrected chi connectivity index (χ4v) is 3.58. The zero-order chi connectivity index (χ0) is 13.3. The van der Waals surface area contributed by atoms with Crippen LogP contribution in [0.1, 0.15) is 22.0 Å². The molecular weight excluding hydrogens is 353 g/mol. The molecule has 1 atom stereocenters. The highest BCUT2D eigenvalue weighted by Crippen LogP contribution is 2.35. The third-order valence-electron chi connectivity index (χ3n) is 2.73. The van der Waals surface area contributed by atoms with Crippen LogP contribution in [0.25, 0.3) is 0 Å². The lowest BCUT2D eigenvalue weighted by Crippen LogP contribution is -2.16. The molecule has 1 nitrogen and oxygen atoms in total. The molecule has 0 aliphatic heterocycles. The first-order valence-corrected chi connectivity index (χ1v) is 7.77. The average Bonchev–Trinajstić information content (AvgIpc) is 2.65. The molecule has 0 fully saturated rings. The van der Waals surface area contributed by atoms with Crippen LogP contribution >= 0.6 is 50.5 Å². The summed E-state index contributed by atoms with van der Waals surface area (Å²) >= 11 is 17.3. The highest BCUT2D eigenvalue weighted by atomic mass is 79.9. The van der Waals surface area contributed by atoms with Crippen molar-refractivity contribution in [3.63, 3.8) is 0 Å². The first-order chi connectivity index (χ1) is 8.52. The summed E-state index contributed by atoms with van der Waals surface area (Å²) < 4.78 is 1.75. The molecule has 0 aliphatic rings. The van der Waals surface area contributed by atoms with Gasteiger partial charge in [0.2, 0.25) is 0 Å². The molecule has 0 spiro atoms. The fraction of sp³-hybridized carbons (Fsp3) is 0.231. The van der Waals surface area contributed by atoms with Crippen molar-refractivity contribution in [2.24, 2.45) is 0 Å². The molecule has 0 saturated carbocycles. The second kappa shape index (κ2) is 5.93. The number of thiophene rings is 1. The van der Waals surface area contributed by atoms with Gasteiger partial charge in [-0.15, -0.1) is 11.3 Å². The van der Waals surface area contributed by atoms with Crippen molar-refractivity contribution in [1.82, 2.24) is 5.32 Å². The summed E-state index contributed by atoms with van der Waals surface area (Å²) in [6.45, 7) is 2.02. The summed E-state index contributed by atoms with van der Waals surface area (Å²) in [5.41, 5.74) is 2.24. The van der Waals surface area contributed by atoms with E-state index in [1.54, 1.807) is 11.3 Å². The maximum absolute atomic E-state index is 6.14. The number of rotatable bonds is 3. The van der Waals surface area contributed by atoms with E-state index >= 15 is 0 Å². The Labute approximate surface area is 129 Å². The van der Waals surface area contributed by atoms with Gasteiger partial charge in [0.05, 0.1) is 15.4 Å². The molecular formula is C13H12BrCl2NS. The highest BCUT2D eigenvalue weighted by Gasteiger charge is 2.16. The Morgan fingerprint density at radius 1 is 1.28 bits per heavy atom. The van der Waals surface area contributed by atoms with E-state index in [1.165, 1.54) is 4.88 Å². The van der Waals surface area contributed by atoms with Crippen LogP contribution in [0.4, 0.5) is 0 Å². The fourth-order valence-electron chi connectivity index (χ4n) is 1.79. The van der Waals surface area contributed by atoms with Crippen LogP contribution < -0.4 is 5.32 Å². The number of halogens is 3. The monoisotopic (exact) mass is 363 g/mol. The molecule has 0 amide bonds. The number of hydrogen-bond acceptors (Lipinski definition) is 2. The van der Waals surface area contributed by atoms with Crippen molar-refractivity contribution in [3.05, 3.63) is 54.1 Å². The van der Waals surface area contributed by atoms with E-state index in [2.05, 4.69) is 33.4 Å². The van der Waals surface area contributed by atoms with Crippen LogP contribution in [-0.2, 0) is 0 Å². The molecule has 1 N–H and O–H groups in total. The van der Waals surface area contributed by atoms with E-state index in [0.29, 0.717) is 5.02 Å². The maximum Gasteiger partial charge on any atom is 0.0961 e. The Hall–Kier alpha value is -0.0600. The van der Waals surface area contributed by atoms with E-state index in [4.69, 9.17) is 23.2 Å². The van der Waals surface area contributed by atoms with Gasteiger partial charge < -0.3 is 5.32 Å². The Balaban J connectivity index is 2.41. The van der Waals surface area contributed by atoms with Gasteiger partial charge in [-0.2, -0.15) is 0 Å². The smallest absolute Gasteiger partial charge is 0.0961 e. The second-order valence-electron chi connectivity index (χ2n) is 4.00. The van der Waals surface area contributed by atoms with E-state index in [-0.39, 0.29) is 6.04 Å². The Morgan fingerprint density at radius 2 is 2.00 bits per heavy atom. The van der Waals surface area contributed by atoms with Crippen LogP contribution in [0.2, 0.25) is 9.36 Å². The summed E-state index contributed by atoms with van der Waals surface area (Å²) in [7, 11) is 1.93. The molecule has 2 aromatic rings. The lowest BCUT2D eigenvalue weighted by molar-refractivity contribution is 0.703. The molecule has 96 valence electrons. The van der Waals surface area contributed by atoms with Gasteiger partial charge in [0.25, 0.3) is 0 Å². The topological polar surface area (TPSA) is 12.0 Å². The van der Waals surface area contributed by atoms with Crippen molar-refractivity contribution in [3.8, 4) is 0 Å². The number of nitrogens with one attached hydrogen (secondary N) is 1. The molecule has 1 unspecified atom stereocenters. The van der Waals surface area contributed by atoms with Gasteiger partial charge in [0.1, 0.15) is 0 Å². The van der Waals surface area contributed by atoms with E-state index < -0.39 is 0 Å². The molecule has 18 heavy (non-hydrogen) atoms.